The van der Waals surface area contributed by atoms with Gasteiger partial charge in [-0.2, -0.15) is 0 Å². The number of anilines is 1. The molecule has 0 spiro atoms. The lowest BCUT2D eigenvalue weighted by Crippen LogP contribution is -2.44. The Morgan fingerprint density at radius 2 is 2.00 bits per heavy atom. The number of benzene rings is 2. The van der Waals surface area contributed by atoms with Crippen LogP contribution in [0.3, 0.4) is 0 Å². The average molecular weight is 410 g/mol. The summed E-state index contributed by atoms with van der Waals surface area (Å²) in [4.78, 5) is 23.5. The number of hydrazine groups is 1. The minimum absolute atomic E-state index is 0.219. The number of amides is 1. The molecule has 3 unspecified atom stereocenters. The third kappa shape index (κ3) is 4.26. The third-order valence-corrected chi connectivity index (χ3v) is 6.41. The molecule has 0 aliphatic heterocycles. The fourth-order valence-corrected chi connectivity index (χ4v) is 4.60. The highest BCUT2D eigenvalue weighted by atomic mass is 32.1. The number of nitrogens with one attached hydrogen (secondary N) is 1. The average Bonchev–Trinajstić information content (AvgIpc) is 3.32. The molecule has 0 saturated heterocycles. The van der Waals surface area contributed by atoms with Gasteiger partial charge in [0.2, 0.25) is 0 Å². The van der Waals surface area contributed by atoms with Crippen molar-refractivity contribution in [1.29, 1.82) is 0 Å². The molecule has 0 radical (unpaired) electrons. The van der Waals surface area contributed by atoms with E-state index in [1.165, 1.54) is 4.70 Å². The van der Waals surface area contributed by atoms with Crippen LogP contribution in [0.15, 0.2) is 53.9 Å². The van der Waals surface area contributed by atoms with Crippen LogP contribution in [0.4, 0.5) is 10.5 Å². The molecule has 3 aromatic rings. The Balaban J connectivity index is 1.44. The van der Waals surface area contributed by atoms with Crippen molar-refractivity contribution in [1.82, 2.24) is 5.01 Å². The highest BCUT2D eigenvalue weighted by Gasteiger charge is 2.34. The second kappa shape index (κ2) is 8.23. The zero-order valence-electron chi connectivity index (χ0n) is 15.8. The van der Waals surface area contributed by atoms with Gasteiger partial charge in [-0.25, -0.2) is 9.80 Å². The summed E-state index contributed by atoms with van der Waals surface area (Å²) in [5.74, 6) is 0.391. The number of aldehydes is 1. The van der Waals surface area contributed by atoms with E-state index in [4.69, 9.17) is 5.73 Å². The van der Waals surface area contributed by atoms with Crippen molar-refractivity contribution >= 4 is 39.5 Å². The maximum atomic E-state index is 11.8. The smallest absolute Gasteiger partial charge is 0.426 e. The molecule has 1 saturated carbocycles. The van der Waals surface area contributed by atoms with Gasteiger partial charge >= 0.3 is 6.09 Å². The van der Waals surface area contributed by atoms with E-state index >= 15 is 0 Å². The second-order valence-electron chi connectivity index (χ2n) is 7.39. The largest absolute Gasteiger partial charge is 0.464 e. The Hall–Kier alpha value is -2.90. The molecule has 29 heavy (non-hydrogen) atoms. The molecule has 1 amide bonds. The maximum absolute atomic E-state index is 11.8. The van der Waals surface area contributed by atoms with Crippen LogP contribution >= 0.6 is 11.3 Å². The SMILES string of the molecule is NC1CC1c1ccc(NN(C(=O)O)C(C=O)CCc2csc3ccccc23)cc1. The Bertz CT molecular complexity index is 1020. The number of carbonyl (C=O) groups excluding carboxylic acids is 1. The van der Waals surface area contributed by atoms with Gasteiger partial charge in [-0.05, 0) is 59.4 Å². The van der Waals surface area contributed by atoms with Crippen molar-refractivity contribution in [3.05, 3.63) is 65.0 Å². The summed E-state index contributed by atoms with van der Waals surface area (Å²) in [6.45, 7) is 0. The van der Waals surface area contributed by atoms with Crippen molar-refractivity contribution in [3.63, 3.8) is 0 Å². The summed E-state index contributed by atoms with van der Waals surface area (Å²) in [6, 6.07) is 15.1. The van der Waals surface area contributed by atoms with Crippen molar-refractivity contribution < 1.29 is 14.7 Å². The van der Waals surface area contributed by atoms with Gasteiger partial charge in [0.1, 0.15) is 12.3 Å². The monoisotopic (exact) mass is 409 g/mol. The van der Waals surface area contributed by atoms with E-state index < -0.39 is 12.1 Å². The number of carboxylic acid groups (broad SMARTS) is 1. The Labute approximate surface area is 172 Å². The van der Waals surface area contributed by atoms with E-state index in [-0.39, 0.29) is 6.04 Å². The number of thiophene rings is 1. The van der Waals surface area contributed by atoms with Crippen LogP contribution in [0.1, 0.15) is 29.9 Å². The predicted molar refractivity (Wildman–Crippen MR) is 115 cm³/mol. The Morgan fingerprint density at radius 1 is 1.28 bits per heavy atom. The molecule has 1 fully saturated rings. The van der Waals surface area contributed by atoms with E-state index in [1.807, 2.05) is 36.4 Å². The van der Waals surface area contributed by atoms with Crippen molar-refractivity contribution in [2.75, 3.05) is 5.43 Å². The number of carbonyl (C=O) groups is 2. The lowest BCUT2D eigenvalue weighted by atomic mass is 10.0. The standard InChI is InChI=1S/C22H23N3O3S/c23-20-11-19(20)14-5-8-16(9-6-14)24-25(22(27)28)17(12-26)10-7-15-13-29-21-4-2-1-3-18(15)21/h1-6,8-9,12-13,17,19-20,24H,7,10-11,23H2,(H,27,28). The maximum Gasteiger partial charge on any atom is 0.426 e. The van der Waals surface area contributed by atoms with Crippen LogP contribution in [0.5, 0.6) is 0 Å². The topological polar surface area (TPSA) is 95.7 Å². The van der Waals surface area contributed by atoms with E-state index in [0.29, 0.717) is 30.7 Å². The van der Waals surface area contributed by atoms with Crippen LogP contribution in [-0.4, -0.2) is 34.6 Å². The molecule has 4 N–H and O–H groups in total. The highest BCUT2D eigenvalue weighted by molar-refractivity contribution is 7.17. The summed E-state index contributed by atoms with van der Waals surface area (Å²) in [5, 5.41) is 13.9. The summed E-state index contributed by atoms with van der Waals surface area (Å²) >= 11 is 1.66. The van der Waals surface area contributed by atoms with E-state index in [0.717, 1.165) is 27.9 Å². The number of aryl methyl sites for hydroxylation is 1. The van der Waals surface area contributed by atoms with Crippen LogP contribution < -0.4 is 11.2 Å². The lowest BCUT2D eigenvalue weighted by molar-refractivity contribution is -0.111. The number of nitrogens with two attached hydrogens (primary N) is 1. The first-order chi connectivity index (χ1) is 14.1. The molecule has 1 aromatic heterocycles. The molecule has 6 nitrogen and oxygen atoms in total. The Kier molecular flexibility index (Phi) is 5.51. The molecule has 150 valence electrons. The number of hydrogen-bond acceptors (Lipinski definition) is 5. The minimum atomic E-state index is -1.19. The van der Waals surface area contributed by atoms with Crippen LogP contribution in [0.2, 0.25) is 0 Å². The molecule has 7 heteroatoms. The van der Waals surface area contributed by atoms with E-state index in [1.54, 1.807) is 11.3 Å². The predicted octanol–water partition coefficient (Wildman–Crippen LogP) is 4.22. The first kappa shape index (κ1) is 19.4. The highest BCUT2D eigenvalue weighted by Crippen LogP contribution is 2.39. The molecular weight excluding hydrogens is 386 g/mol. The van der Waals surface area contributed by atoms with Crippen molar-refractivity contribution in [3.8, 4) is 0 Å². The number of nitrogens with zero attached hydrogens (tertiary/aromatic N) is 1. The van der Waals surface area contributed by atoms with Crippen LogP contribution in [0, 0.1) is 0 Å². The van der Waals surface area contributed by atoms with E-state index in [9.17, 15) is 14.7 Å². The van der Waals surface area contributed by atoms with Crippen molar-refractivity contribution in [2.45, 2.75) is 37.3 Å². The zero-order valence-corrected chi connectivity index (χ0v) is 16.6. The number of fused-ring (bicyclic) bond motifs is 1. The summed E-state index contributed by atoms with van der Waals surface area (Å²) in [6.07, 6.45) is 1.51. The van der Waals surface area contributed by atoms with Crippen LogP contribution in [0.25, 0.3) is 10.1 Å². The molecule has 3 atom stereocenters. The first-order valence-corrected chi connectivity index (χ1v) is 10.5. The van der Waals surface area contributed by atoms with Gasteiger partial charge in [-0.3, -0.25) is 5.43 Å². The molecule has 4 rings (SSSR count). The normalized spacial score (nSPS) is 18.9. The summed E-state index contributed by atoms with van der Waals surface area (Å²) < 4.78 is 1.19. The molecule has 1 heterocycles. The summed E-state index contributed by atoms with van der Waals surface area (Å²) in [7, 11) is 0. The fraction of sp³-hybridized carbons (Fsp3) is 0.273. The molecular formula is C22H23N3O3S. The fourth-order valence-electron chi connectivity index (χ4n) is 3.60. The van der Waals surface area contributed by atoms with Crippen molar-refractivity contribution in [2.24, 2.45) is 5.73 Å². The number of hydrogen-bond donors (Lipinski definition) is 3. The third-order valence-electron chi connectivity index (χ3n) is 5.39. The van der Waals surface area contributed by atoms with Gasteiger partial charge in [0.15, 0.2) is 0 Å². The first-order valence-electron chi connectivity index (χ1n) is 9.61. The number of rotatable bonds is 8. The molecule has 0 bridgehead atoms. The molecule has 1 aliphatic carbocycles. The summed E-state index contributed by atoms with van der Waals surface area (Å²) in [5.41, 5.74) is 11.7. The minimum Gasteiger partial charge on any atom is -0.464 e. The van der Waals surface area contributed by atoms with E-state index in [2.05, 4.69) is 22.9 Å². The van der Waals surface area contributed by atoms with Gasteiger partial charge in [0.05, 0.1) is 5.69 Å². The van der Waals surface area contributed by atoms with Gasteiger partial charge in [-0.1, -0.05) is 30.3 Å². The quantitative estimate of drug-likeness (QED) is 0.382. The molecule has 1 aliphatic rings. The van der Waals surface area contributed by atoms with Gasteiger partial charge in [0.25, 0.3) is 0 Å². The van der Waals surface area contributed by atoms with Crippen LogP contribution in [-0.2, 0) is 11.2 Å². The van der Waals surface area contributed by atoms with Gasteiger partial charge in [-0.15, -0.1) is 11.3 Å². The van der Waals surface area contributed by atoms with Gasteiger partial charge in [0, 0.05) is 16.7 Å². The molecule has 2 aromatic carbocycles. The zero-order chi connectivity index (χ0) is 20.4. The van der Waals surface area contributed by atoms with Gasteiger partial charge < -0.3 is 15.6 Å². The second-order valence-corrected chi connectivity index (χ2v) is 8.30. The lowest BCUT2D eigenvalue weighted by Gasteiger charge is -2.26. The Morgan fingerprint density at radius 3 is 2.66 bits per heavy atom.